The third-order valence-electron chi connectivity index (χ3n) is 4.48. The molecule has 1 unspecified atom stereocenters. The van der Waals surface area contributed by atoms with E-state index in [1.807, 2.05) is 66.7 Å². The summed E-state index contributed by atoms with van der Waals surface area (Å²) in [6.07, 6.45) is 3.18. The lowest BCUT2D eigenvalue weighted by Gasteiger charge is -2.32. The summed E-state index contributed by atoms with van der Waals surface area (Å²) in [6, 6.07) is 18.4. The summed E-state index contributed by atoms with van der Waals surface area (Å²) in [6.45, 7) is 0.228. The third kappa shape index (κ3) is 6.35. The molecule has 6 nitrogen and oxygen atoms in total. The van der Waals surface area contributed by atoms with Gasteiger partial charge in [0.15, 0.2) is 0 Å². The van der Waals surface area contributed by atoms with Crippen molar-refractivity contribution in [3.8, 4) is 0 Å². The first-order chi connectivity index (χ1) is 14.1. The third-order valence-corrected chi connectivity index (χ3v) is 5.33. The van der Waals surface area contributed by atoms with Gasteiger partial charge in [-0.05, 0) is 30.4 Å². The Kier molecular flexibility index (Phi) is 7.69. The van der Waals surface area contributed by atoms with Crippen LogP contribution >= 0.6 is 15.9 Å². The largest absolute Gasteiger partial charge is 0.443 e. The van der Waals surface area contributed by atoms with Crippen LogP contribution in [0, 0.1) is 0 Å². The van der Waals surface area contributed by atoms with Crippen LogP contribution in [0.4, 0.5) is 9.59 Å². The highest BCUT2D eigenvalue weighted by Gasteiger charge is 2.30. The summed E-state index contributed by atoms with van der Waals surface area (Å²) < 4.78 is 11.5. The van der Waals surface area contributed by atoms with Crippen LogP contribution in [-0.2, 0) is 22.7 Å². The fourth-order valence-electron chi connectivity index (χ4n) is 2.97. The smallest absolute Gasteiger partial charge is 0.429 e. The maximum Gasteiger partial charge on any atom is 0.429 e. The van der Waals surface area contributed by atoms with E-state index in [1.54, 1.807) is 0 Å². The first-order valence-corrected chi connectivity index (χ1v) is 10.3. The first-order valence-electron chi connectivity index (χ1n) is 9.46. The second-order valence-electron chi connectivity index (χ2n) is 6.62. The summed E-state index contributed by atoms with van der Waals surface area (Å²) in [5, 5.41) is 1.20. The minimum absolute atomic E-state index is 0.112. The number of hydrazine groups is 1. The Morgan fingerprint density at radius 3 is 2.14 bits per heavy atom. The van der Waals surface area contributed by atoms with E-state index in [1.165, 1.54) is 5.01 Å². The average molecular weight is 459 g/mol. The first kappa shape index (κ1) is 20.9. The Morgan fingerprint density at radius 2 is 1.55 bits per heavy atom. The van der Waals surface area contributed by atoms with Gasteiger partial charge in [-0.1, -0.05) is 82.7 Å². The highest BCUT2D eigenvalue weighted by molar-refractivity contribution is 9.11. The molecule has 0 heterocycles. The lowest BCUT2D eigenvalue weighted by Crippen LogP contribution is -2.52. The zero-order chi connectivity index (χ0) is 20.5. The van der Waals surface area contributed by atoms with Crippen LogP contribution in [0.25, 0.3) is 0 Å². The summed E-state index contributed by atoms with van der Waals surface area (Å²) in [7, 11) is 0. The molecule has 0 fully saturated rings. The number of hydrogen-bond donors (Lipinski definition) is 1. The minimum atomic E-state index is -0.712. The molecule has 0 bridgehead atoms. The van der Waals surface area contributed by atoms with Crippen LogP contribution in [0.2, 0.25) is 0 Å². The van der Waals surface area contributed by atoms with E-state index in [0.717, 1.165) is 28.5 Å². The lowest BCUT2D eigenvalue weighted by molar-refractivity contribution is 0.0513. The Morgan fingerprint density at radius 1 is 0.966 bits per heavy atom. The molecule has 0 aliphatic heterocycles. The second kappa shape index (κ2) is 10.7. The molecular weight excluding hydrogens is 436 g/mol. The van der Waals surface area contributed by atoms with Gasteiger partial charge < -0.3 is 9.47 Å². The molecule has 7 heteroatoms. The van der Waals surface area contributed by atoms with Crippen molar-refractivity contribution in [2.24, 2.45) is 0 Å². The Hall–Kier alpha value is -2.80. The fourth-order valence-corrected chi connectivity index (χ4v) is 3.63. The number of allylic oxidation sites excluding steroid dienone is 1. The molecule has 0 saturated carbocycles. The molecule has 0 saturated heterocycles. The number of benzene rings is 2. The van der Waals surface area contributed by atoms with Crippen molar-refractivity contribution >= 4 is 28.1 Å². The predicted molar refractivity (Wildman–Crippen MR) is 113 cm³/mol. The number of carbonyl (C=O) groups excluding carboxylic acids is 2. The van der Waals surface area contributed by atoms with Crippen molar-refractivity contribution in [2.75, 3.05) is 0 Å². The molecule has 0 aromatic heterocycles. The van der Waals surface area contributed by atoms with Crippen molar-refractivity contribution < 1.29 is 19.1 Å². The van der Waals surface area contributed by atoms with Crippen molar-refractivity contribution in [3.05, 3.63) is 82.3 Å². The van der Waals surface area contributed by atoms with Gasteiger partial charge in [-0.15, -0.1) is 0 Å². The molecule has 2 aromatic rings. The van der Waals surface area contributed by atoms with Crippen LogP contribution in [0.1, 0.15) is 30.4 Å². The van der Waals surface area contributed by atoms with E-state index >= 15 is 0 Å². The number of carbonyl (C=O) groups is 2. The van der Waals surface area contributed by atoms with Crippen LogP contribution in [0.5, 0.6) is 0 Å². The normalized spacial score (nSPS) is 15.8. The lowest BCUT2D eigenvalue weighted by atomic mass is 10.0. The molecule has 0 spiro atoms. The van der Waals surface area contributed by atoms with Gasteiger partial charge >= 0.3 is 12.2 Å². The molecule has 1 atom stereocenters. The van der Waals surface area contributed by atoms with Gasteiger partial charge in [-0.25, -0.2) is 20.0 Å². The van der Waals surface area contributed by atoms with Crippen molar-refractivity contribution in [1.29, 1.82) is 0 Å². The molecule has 1 N–H and O–H groups in total. The highest BCUT2D eigenvalue weighted by atomic mass is 79.9. The molecule has 3 rings (SSSR count). The van der Waals surface area contributed by atoms with Gasteiger partial charge in [0.25, 0.3) is 0 Å². The second-order valence-corrected chi connectivity index (χ2v) is 7.54. The number of amides is 2. The minimum Gasteiger partial charge on any atom is -0.443 e. The van der Waals surface area contributed by atoms with Crippen molar-refractivity contribution in [3.63, 3.8) is 0 Å². The SMILES string of the molecule is O=C(NN(C(=O)OCc1ccccc1)C1CCCC=C1Br)OCc1ccccc1. The molecule has 1 aliphatic carbocycles. The number of nitrogens with one attached hydrogen (secondary N) is 1. The topological polar surface area (TPSA) is 67.9 Å². The standard InChI is InChI=1S/C22H23BrN2O4/c23-19-13-7-8-14-20(19)25(22(27)29-16-18-11-5-2-6-12-18)24-21(26)28-15-17-9-3-1-4-10-17/h1-6,9-13,20H,7-8,14-16H2,(H,24,26). The van der Waals surface area contributed by atoms with Gasteiger partial charge in [0.1, 0.15) is 13.2 Å². The fraction of sp³-hybridized carbons (Fsp3) is 0.273. The summed E-state index contributed by atoms with van der Waals surface area (Å²) in [5.41, 5.74) is 4.28. The number of nitrogens with zero attached hydrogens (tertiary/aromatic N) is 1. The van der Waals surface area contributed by atoms with Crippen LogP contribution in [0.3, 0.4) is 0 Å². The monoisotopic (exact) mass is 458 g/mol. The molecule has 2 amide bonds. The molecule has 0 radical (unpaired) electrons. The van der Waals surface area contributed by atoms with Gasteiger partial charge in [-0.3, -0.25) is 0 Å². The van der Waals surface area contributed by atoms with Gasteiger partial charge in [0.2, 0.25) is 0 Å². The van der Waals surface area contributed by atoms with Crippen LogP contribution < -0.4 is 5.43 Å². The molecular formula is C22H23BrN2O4. The molecule has 1 aliphatic rings. The molecule has 2 aromatic carbocycles. The number of hydrogen-bond acceptors (Lipinski definition) is 4. The van der Waals surface area contributed by atoms with Crippen molar-refractivity contribution in [2.45, 2.75) is 38.5 Å². The molecule has 29 heavy (non-hydrogen) atoms. The summed E-state index contributed by atoms with van der Waals surface area (Å²) in [4.78, 5) is 25.1. The summed E-state index contributed by atoms with van der Waals surface area (Å²) in [5.74, 6) is 0. The highest BCUT2D eigenvalue weighted by Crippen LogP contribution is 2.27. The Balaban J connectivity index is 1.63. The van der Waals surface area contributed by atoms with Crippen LogP contribution in [0.15, 0.2) is 71.2 Å². The quantitative estimate of drug-likeness (QED) is 0.617. The van der Waals surface area contributed by atoms with E-state index in [4.69, 9.17) is 9.47 Å². The van der Waals surface area contributed by atoms with E-state index < -0.39 is 12.2 Å². The Bertz CT molecular complexity index is 842. The van der Waals surface area contributed by atoms with E-state index in [2.05, 4.69) is 21.4 Å². The Labute approximate surface area is 178 Å². The van der Waals surface area contributed by atoms with Crippen molar-refractivity contribution in [1.82, 2.24) is 10.4 Å². The number of ether oxygens (including phenoxy) is 2. The van der Waals surface area contributed by atoms with E-state index in [0.29, 0.717) is 6.42 Å². The zero-order valence-electron chi connectivity index (χ0n) is 15.9. The zero-order valence-corrected chi connectivity index (χ0v) is 17.5. The van der Waals surface area contributed by atoms with E-state index in [-0.39, 0.29) is 19.3 Å². The number of halogens is 1. The number of rotatable bonds is 5. The van der Waals surface area contributed by atoms with Gasteiger partial charge in [0.05, 0.1) is 6.04 Å². The maximum absolute atomic E-state index is 12.8. The van der Waals surface area contributed by atoms with Crippen LogP contribution in [-0.4, -0.2) is 23.2 Å². The average Bonchev–Trinajstić information content (AvgIpc) is 2.76. The van der Waals surface area contributed by atoms with E-state index in [9.17, 15) is 9.59 Å². The maximum atomic E-state index is 12.8. The van der Waals surface area contributed by atoms with Gasteiger partial charge in [-0.2, -0.15) is 0 Å². The molecule has 152 valence electrons. The summed E-state index contributed by atoms with van der Waals surface area (Å²) >= 11 is 3.50. The predicted octanol–water partition coefficient (Wildman–Crippen LogP) is 5.30. The van der Waals surface area contributed by atoms with Gasteiger partial charge in [0, 0.05) is 4.48 Å².